The van der Waals surface area contributed by atoms with Crippen LogP contribution in [0, 0.1) is 0 Å². The number of anilines is 2. The first kappa shape index (κ1) is 24.3. The molecule has 2 aliphatic rings. The molecule has 7 nitrogen and oxygen atoms in total. The summed E-state index contributed by atoms with van der Waals surface area (Å²) in [6.45, 7) is 6.31. The quantitative estimate of drug-likeness (QED) is 0.514. The van der Waals surface area contributed by atoms with Crippen molar-refractivity contribution < 1.29 is 9.47 Å². The molecule has 1 fully saturated rings. The minimum absolute atomic E-state index is 0.560. The Kier molecular flexibility index (Phi) is 8.10. The van der Waals surface area contributed by atoms with Crippen molar-refractivity contribution in [3.63, 3.8) is 0 Å². The predicted octanol–water partition coefficient (Wildman–Crippen LogP) is 5.13. The highest BCUT2D eigenvalue weighted by molar-refractivity contribution is 5.64. The predicted molar refractivity (Wildman–Crippen MR) is 144 cm³/mol. The van der Waals surface area contributed by atoms with Crippen LogP contribution < -0.4 is 14.8 Å². The van der Waals surface area contributed by atoms with Crippen LogP contribution in [0.1, 0.15) is 24.8 Å². The summed E-state index contributed by atoms with van der Waals surface area (Å²) in [5.41, 5.74) is 3.93. The Hall–Kier alpha value is -3.42. The van der Waals surface area contributed by atoms with Gasteiger partial charge in [0, 0.05) is 42.6 Å². The first-order chi connectivity index (χ1) is 17.7. The van der Waals surface area contributed by atoms with E-state index in [0.717, 1.165) is 60.1 Å². The highest BCUT2D eigenvalue weighted by Crippen LogP contribution is 2.27. The third-order valence-electron chi connectivity index (χ3n) is 6.54. The van der Waals surface area contributed by atoms with Crippen LogP contribution in [0.3, 0.4) is 0 Å². The SMILES string of the molecule is CN1CC=CCCOc2cccc(c2)-c2ccnc(n2)Nc2ccc(OCCN3CCCC3)c(c2)C1. The maximum atomic E-state index is 6.27. The van der Waals surface area contributed by atoms with Gasteiger partial charge in [0.05, 0.1) is 12.3 Å². The molecule has 1 aromatic heterocycles. The van der Waals surface area contributed by atoms with Crippen LogP contribution in [0.5, 0.6) is 11.5 Å². The van der Waals surface area contributed by atoms with Crippen molar-refractivity contribution in [1.82, 2.24) is 19.8 Å². The molecule has 6 bridgehead atoms. The highest BCUT2D eigenvalue weighted by Gasteiger charge is 2.13. The molecular formula is C29H35N5O2. The summed E-state index contributed by atoms with van der Waals surface area (Å²) in [5, 5.41) is 3.39. The fourth-order valence-electron chi connectivity index (χ4n) is 4.64. The molecule has 1 N–H and O–H groups in total. The van der Waals surface area contributed by atoms with Crippen LogP contribution in [-0.2, 0) is 6.54 Å². The van der Waals surface area contributed by atoms with E-state index in [-0.39, 0.29) is 0 Å². The number of nitrogens with zero attached hydrogens (tertiary/aromatic N) is 4. The number of aromatic nitrogens is 2. The highest BCUT2D eigenvalue weighted by atomic mass is 16.5. The molecule has 0 spiro atoms. The zero-order chi connectivity index (χ0) is 24.6. The van der Waals surface area contributed by atoms with Gasteiger partial charge in [-0.2, -0.15) is 0 Å². The lowest BCUT2D eigenvalue weighted by Crippen LogP contribution is -2.25. The van der Waals surface area contributed by atoms with Crippen LogP contribution in [0.4, 0.5) is 11.6 Å². The van der Waals surface area contributed by atoms with Crippen molar-refractivity contribution >= 4 is 11.6 Å². The molecule has 36 heavy (non-hydrogen) atoms. The Labute approximate surface area is 213 Å². The number of likely N-dealkylation sites (tertiary alicyclic amines) is 1. The lowest BCUT2D eigenvalue weighted by Gasteiger charge is -2.20. The molecule has 3 aromatic rings. The Morgan fingerprint density at radius 3 is 2.89 bits per heavy atom. The lowest BCUT2D eigenvalue weighted by atomic mass is 10.1. The van der Waals surface area contributed by atoms with Gasteiger partial charge in [-0.3, -0.25) is 9.80 Å². The van der Waals surface area contributed by atoms with Gasteiger partial charge in [-0.25, -0.2) is 9.97 Å². The summed E-state index contributed by atoms with van der Waals surface area (Å²) in [6, 6.07) is 16.2. The summed E-state index contributed by atoms with van der Waals surface area (Å²) < 4.78 is 12.2. The van der Waals surface area contributed by atoms with E-state index in [2.05, 4.69) is 51.4 Å². The molecule has 2 aliphatic heterocycles. The van der Waals surface area contributed by atoms with Crippen LogP contribution in [0.15, 0.2) is 66.9 Å². The Morgan fingerprint density at radius 2 is 1.97 bits per heavy atom. The molecule has 0 amide bonds. The summed E-state index contributed by atoms with van der Waals surface area (Å²) in [5.74, 6) is 2.34. The van der Waals surface area contributed by atoms with Gasteiger partial charge in [0.2, 0.25) is 5.95 Å². The van der Waals surface area contributed by atoms with Crippen molar-refractivity contribution in [3.8, 4) is 22.8 Å². The van der Waals surface area contributed by atoms with Crippen molar-refractivity contribution in [3.05, 3.63) is 72.4 Å². The molecule has 0 aliphatic carbocycles. The largest absolute Gasteiger partial charge is 0.493 e. The van der Waals surface area contributed by atoms with Gasteiger partial charge in [-0.05, 0) is 75.8 Å². The number of benzene rings is 2. The van der Waals surface area contributed by atoms with Crippen molar-refractivity contribution in [1.29, 1.82) is 0 Å². The maximum absolute atomic E-state index is 6.27. The van der Waals surface area contributed by atoms with Crippen LogP contribution >= 0.6 is 0 Å². The zero-order valence-electron chi connectivity index (χ0n) is 21.0. The van der Waals surface area contributed by atoms with Gasteiger partial charge in [-0.1, -0.05) is 24.3 Å². The molecule has 0 radical (unpaired) electrons. The summed E-state index contributed by atoms with van der Waals surface area (Å²) in [7, 11) is 2.13. The van der Waals surface area contributed by atoms with Gasteiger partial charge < -0.3 is 14.8 Å². The zero-order valence-corrected chi connectivity index (χ0v) is 21.0. The fourth-order valence-corrected chi connectivity index (χ4v) is 4.64. The third-order valence-corrected chi connectivity index (χ3v) is 6.54. The van der Waals surface area contributed by atoms with E-state index in [4.69, 9.17) is 14.5 Å². The number of fused-ring (bicyclic) bond motifs is 7. The second-order valence-electron chi connectivity index (χ2n) is 9.44. The summed E-state index contributed by atoms with van der Waals surface area (Å²) in [4.78, 5) is 14.0. The lowest BCUT2D eigenvalue weighted by molar-refractivity contribution is 0.234. The van der Waals surface area contributed by atoms with Crippen LogP contribution in [0.2, 0.25) is 0 Å². The minimum Gasteiger partial charge on any atom is -0.493 e. The number of hydrogen-bond donors (Lipinski definition) is 1. The van der Waals surface area contributed by atoms with Crippen LogP contribution in [-0.4, -0.2) is 66.2 Å². The first-order valence-electron chi connectivity index (χ1n) is 12.9. The average Bonchev–Trinajstić information content (AvgIpc) is 3.41. The molecule has 0 saturated carbocycles. The molecule has 0 atom stereocenters. The van der Waals surface area contributed by atoms with E-state index in [1.807, 2.05) is 36.4 Å². The number of likely N-dealkylation sites (N-methyl/N-ethyl adjacent to an activating group) is 1. The van der Waals surface area contributed by atoms with Crippen molar-refractivity contribution in [2.45, 2.75) is 25.8 Å². The maximum Gasteiger partial charge on any atom is 0.227 e. The Bertz CT molecular complexity index is 1180. The number of nitrogens with one attached hydrogen (secondary N) is 1. The Balaban J connectivity index is 1.39. The molecule has 2 aromatic carbocycles. The fraction of sp³-hybridized carbons (Fsp3) is 0.379. The molecule has 0 unspecified atom stereocenters. The standard InChI is InChI=1S/C29H35N5O2/c1-33-14-3-2-6-18-35-26-9-7-8-23(21-26)27-12-13-30-29(32-27)31-25-10-11-28(24(20-25)22-33)36-19-17-34-15-4-5-16-34/h2-3,7-13,20-21H,4-6,14-19,22H2,1H3,(H,30,31,32). The summed E-state index contributed by atoms with van der Waals surface area (Å²) >= 11 is 0. The van der Waals surface area contributed by atoms with E-state index >= 15 is 0 Å². The van der Waals surface area contributed by atoms with E-state index in [1.165, 1.54) is 25.9 Å². The number of rotatable bonds is 4. The molecule has 188 valence electrons. The third kappa shape index (κ3) is 6.62. The van der Waals surface area contributed by atoms with E-state index in [1.54, 1.807) is 6.20 Å². The minimum atomic E-state index is 0.560. The van der Waals surface area contributed by atoms with Gasteiger partial charge in [0.1, 0.15) is 18.1 Å². The molecule has 5 rings (SSSR count). The van der Waals surface area contributed by atoms with Crippen LogP contribution in [0.25, 0.3) is 11.3 Å². The topological polar surface area (TPSA) is 62.8 Å². The average molecular weight is 486 g/mol. The normalized spacial score (nSPS) is 17.0. The molecule has 1 saturated heterocycles. The van der Waals surface area contributed by atoms with Gasteiger partial charge in [0.25, 0.3) is 0 Å². The monoisotopic (exact) mass is 485 g/mol. The second kappa shape index (κ2) is 12.0. The molecule has 7 heteroatoms. The molecule has 3 heterocycles. The summed E-state index contributed by atoms with van der Waals surface area (Å²) in [6.07, 6.45) is 9.63. The van der Waals surface area contributed by atoms with Gasteiger partial charge >= 0.3 is 0 Å². The Morgan fingerprint density at radius 1 is 1.06 bits per heavy atom. The van der Waals surface area contributed by atoms with Crippen molar-refractivity contribution in [2.75, 3.05) is 51.8 Å². The number of ether oxygens (including phenoxy) is 2. The van der Waals surface area contributed by atoms with Crippen molar-refractivity contribution in [2.24, 2.45) is 0 Å². The molecular weight excluding hydrogens is 450 g/mol. The van der Waals surface area contributed by atoms with E-state index in [0.29, 0.717) is 19.2 Å². The van der Waals surface area contributed by atoms with E-state index in [9.17, 15) is 0 Å². The smallest absolute Gasteiger partial charge is 0.227 e. The second-order valence-corrected chi connectivity index (χ2v) is 9.44. The van der Waals surface area contributed by atoms with Gasteiger partial charge in [0.15, 0.2) is 0 Å². The number of hydrogen-bond acceptors (Lipinski definition) is 7. The van der Waals surface area contributed by atoms with E-state index < -0.39 is 0 Å². The van der Waals surface area contributed by atoms with Gasteiger partial charge in [-0.15, -0.1) is 0 Å². The first-order valence-corrected chi connectivity index (χ1v) is 12.9.